The molecule has 0 aromatic heterocycles. The molecule has 0 fully saturated rings. The Bertz CT molecular complexity index is 538. The number of anilines is 1. The average Bonchev–Trinajstić information content (AvgIpc) is 2.92. The molecule has 5 nitrogen and oxygen atoms in total. The van der Waals surface area contributed by atoms with Crippen LogP contribution in [0.1, 0.15) is 24.2 Å². The van der Waals surface area contributed by atoms with Crippen molar-refractivity contribution in [2.24, 2.45) is 10.9 Å². The lowest BCUT2D eigenvalue weighted by Crippen LogP contribution is -2.27. The molecule has 6 heteroatoms. The van der Waals surface area contributed by atoms with Crippen molar-refractivity contribution in [3.8, 4) is 0 Å². The summed E-state index contributed by atoms with van der Waals surface area (Å²) >= 11 is 1.54. The fraction of sp³-hybridized carbons (Fsp3) is 0.357. The van der Waals surface area contributed by atoms with Crippen LogP contribution >= 0.6 is 11.8 Å². The zero-order valence-corrected chi connectivity index (χ0v) is 12.3. The lowest BCUT2D eigenvalue weighted by atomic mass is 10.1. The van der Waals surface area contributed by atoms with Gasteiger partial charge >= 0.3 is 0 Å². The lowest BCUT2D eigenvalue weighted by Gasteiger charge is -2.08. The van der Waals surface area contributed by atoms with Crippen LogP contribution in [0.15, 0.2) is 29.3 Å². The van der Waals surface area contributed by atoms with E-state index >= 15 is 0 Å². The van der Waals surface area contributed by atoms with Crippen molar-refractivity contribution in [1.82, 2.24) is 5.32 Å². The molecule has 1 heterocycles. The van der Waals surface area contributed by atoms with Crippen molar-refractivity contribution < 1.29 is 9.59 Å². The van der Waals surface area contributed by atoms with Crippen LogP contribution < -0.4 is 10.6 Å². The molecule has 2 N–H and O–H groups in total. The SMILES string of the molecule is CC(C)C(=O)Nc1ccc(C(=O)NC2=NCCS2)cc1. The van der Waals surface area contributed by atoms with Crippen molar-refractivity contribution in [1.29, 1.82) is 0 Å². The molecule has 0 spiro atoms. The van der Waals surface area contributed by atoms with Gasteiger partial charge in [-0.1, -0.05) is 25.6 Å². The molecule has 1 aliphatic rings. The number of hydrogen-bond acceptors (Lipinski definition) is 4. The summed E-state index contributed by atoms with van der Waals surface area (Å²) in [5, 5.41) is 6.22. The molecular weight excluding hydrogens is 274 g/mol. The Hall–Kier alpha value is -1.82. The number of carbonyl (C=O) groups excluding carboxylic acids is 2. The Balaban J connectivity index is 1.97. The van der Waals surface area contributed by atoms with Gasteiger partial charge in [-0.15, -0.1) is 0 Å². The van der Waals surface area contributed by atoms with E-state index < -0.39 is 0 Å². The first-order valence-corrected chi connectivity index (χ1v) is 7.44. The summed E-state index contributed by atoms with van der Waals surface area (Å²) in [4.78, 5) is 27.7. The first kappa shape index (κ1) is 14.6. The van der Waals surface area contributed by atoms with Crippen LogP contribution in [0.2, 0.25) is 0 Å². The molecule has 0 bridgehead atoms. The van der Waals surface area contributed by atoms with Gasteiger partial charge < -0.3 is 10.6 Å². The Morgan fingerprint density at radius 2 is 1.90 bits per heavy atom. The molecule has 0 unspecified atom stereocenters. The van der Waals surface area contributed by atoms with Gasteiger partial charge in [-0.05, 0) is 24.3 Å². The van der Waals surface area contributed by atoms with E-state index in [0.717, 1.165) is 12.3 Å². The summed E-state index contributed by atoms with van der Waals surface area (Å²) in [5.41, 5.74) is 1.23. The molecule has 0 saturated heterocycles. The standard InChI is InChI=1S/C14H17N3O2S/c1-9(2)12(18)16-11-5-3-10(4-6-11)13(19)17-14-15-7-8-20-14/h3-6,9H,7-8H2,1-2H3,(H,16,18)(H,15,17,19). The minimum Gasteiger partial charge on any atom is -0.326 e. The third kappa shape index (κ3) is 3.84. The van der Waals surface area contributed by atoms with Gasteiger partial charge in [-0.3, -0.25) is 14.6 Å². The fourth-order valence-corrected chi connectivity index (χ4v) is 2.29. The highest BCUT2D eigenvalue weighted by Crippen LogP contribution is 2.13. The third-order valence-corrected chi connectivity index (χ3v) is 3.64. The minimum absolute atomic E-state index is 0.0427. The molecule has 0 aliphatic carbocycles. The average molecular weight is 291 g/mol. The highest BCUT2D eigenvalue weighted by molar-refractivity contribution is 8.14. The zero-order valence-electron chi connectivity index (χ0n) is 11.5. The highest BCUT2D eigenvalue weighted by atomic mass is 32.2. The van der Waals surface area contributed by atoms with Crippen LogP contribution in [0.5, 0.6) is 0 Å². The second-order valence-electron chi connectivity index (χ2n) is 4.71. The minimum atomic E-state index is -0.181. The molecule has 2 amide bonds. The maximum Gasteiger partial charge on any atom is 0.257 e. The number of amidine groups is 1. The van der Waals surface area contributed by atoms with Crippen LogP contribution in [0.3, 0.4) is 0 Å². The van der Waals surface area contributed by atoms with Gasteiger partial charge in [-0.2, -0.15) is 0 Å². The van der Waals surface area contributed by atoms with Crippen LogP contribution in [0.25, 0.3) is 0 Å². The van der Waals surface area contributed by atoms with E-state index in [1.165, 1.54) is 0 Å². The molecule has 1 aromatic carbocycles. The Kier molecular flexibility index (Phi) is 4.79. The number of rotatable bonds is 3. The van der Waals surface area contributed by atoms with Gasteiger partial charge in [0.25, 0.3) is 5.91 Å². The maximum absolute atomic E-state index is 11.9. The summed E-state index contributed by atoms with van der Waals surface area (Å²) in [6, 6.07) is 6.81. The molecule has 106 valence electrons. The number of nitrogens with zero attached hydrogens (tertiary/aromatic N) is 1. The first-order valence-electron chi connectivity index (χ1n) is 6.46. The topological polar surface area (TPSA) is 70.6 Å². The van der Waals surface area contributed by atoms with E-state index in [2.05, 4.69) is 15.6 Å². The van der Waals surface area contributed by atoms with Gasteiger partial charge in [0.05, 0.1) is 6.54 Å². The van der Waals surface area contributed by atoms with Crippen LogP contribution in [-0.4, -0.2) is 29.3 Å². The van der Waals surface area contributed by atoms with E-state index in [4.69, 9.17) is 0 Å². The second-order valence-corrected chi connectivity index (χ2v) is 5.79. The first-order chi connectivity index (χ1) is 9.56. The van der Waals surface area contributed by atoms with Gasteiger partial charge in [-0.25, -0.2) is 0 Å². The second kappa shape index (κ2) is 6.56. The van der Waals surface area contributed by atoms with Crippen LogP contribution in [-0.2, 0) is 4.79 Å². The summed E-state index contributed by atoms with van der Waals surface area (Å²) in [5.74, 6) is 0.615. The van der Waals surface area contributed by atoms with Gasteiger partial charge in [0.15, 0.2) is 5.17 Å². The predicted molar refractivity (Wildman–Crippen MR) is 82.1 cm³/mol. The Morgan fingerprint density at radius 1 is 1.20 bits per heavy atom. The monoisotopic (exact) mass is 291 g/mol. The van der Waals surface area contributed by atoms with E-state index in [-0.39, 0.29) is 17.7 Å². The van der Waals surface area contributed by atoms with Crippen molar-refractivity contribution in [3.63, 3.8) is 0 Å². The van der Waals surface area contributed by atoms with Crippen molar-refractivity contribution >= 4 is 34.4 Å². The summed E-state index contributed by atoms with van der Waals surface area (Å²) in [6.07, 6.45) is 0. The smallest absolute Gasteiger partial charge is 0.257 e. The van der Waals surface area contributed by atoms with Crippen LogP contribution in [0, 0.1) is 5.92 Å². The Morgan fingerprint density at radius 3 is 2.45 bits per heavy atom. The summed E-state index contributed by atoms with van der Waals surface area (Å²) < 4.78 is 0. The van der Waals surface area contributed by atoms with E-state index in [1.54, 1.807) is 36.0 Å². The maximum atomic E-state index is 11.9. The van der Waals surface area contributed by atoms with Gasteiger partial charge in [0.1, 0.15) is 0 Å². The number of carbonyl (C=O) groups is 2. The Labute approximate surface area is 122 Å². The number of amides is 2. The lowest BCUT2D eigenvalue weighted by molar-refractivity contribution is -0.118. The molecule has 1 aliphatic heterocycles. The van der Waals surface area contributed by atoms with Gasteiger partial charge in [0.2, 0.25) is 5.91 Å². The van der Waals surface area contributed by atoms with E-state index in [0.29, 0.717) is 16.4 Å². The van der Waals surface area contributed by atoms with E-state index in [9.17, 15) is 9.59 Å². The zero-order chi connectivity index (χ0) is 14.5. The molecule has 0 atom stereocenters. The predicted octanol–water partition coefficient (Wildman–Crippen LogP) is 2.11. The van der Waals surface area contributed by atoms with Crippen LogP contribution in [0.4, 0.5) is 5.69 Å². The fourth-order valence-electron chi connectivity index (χ4n) is 1.57. The number of thioether (sulfide) groups is 1. The number of benzene rings is 1. The number of nitrogens with one attached hydrogen (secondary N) is 2. The van der Waals surface area contributed by atoms with Crippen molar-refractivity contribution in [2.75, 3.05) is 17.6 Å². The molecule has 0 radical (unpaired) electrons. The summed E-state index contributed by atoms with van der Waals surface area (Å²) in [6.45, 7) is 4.41. The van der Waals surface area contributed by atoms with Gasteiger partial charge in [0, 0.05) is 22.9 Å². The summed E-state index contributed by atoms with van der Waals surface area (Å²) in [7, 11) is 0. The molecule has 1 aromatic rings. The molecular formula is C14H17N3O2S. The molecule has 2 rings (SSSR count). The normalized spacial score (nSPS) is 14.1. The highest BCUT2D eigenvalue weighted by Gasteiger charge is 2.13. The number of hydrogen-bond donors (Lipinski definition) is 2. The van der Waals surface area contributed by atoms with Crippen molar-refractivity contribution in [2.45, 2.75) is 13.8 Å². The van der Waals surface area contributed by atoms with E-state index in [1.807, 2.05) is 13.8 Å². The number of aliphatic imine (C=N–C) groups is 1. The largest absolute Gasteiger partial charge is 0.326 e. The molecule has 20 heavy (non-hydrogen) atoms. The quantitative estimate of drug-likeness (QED) is 0.896. The van der Waals surface area contributed by atoms with Crippen molar-refractivity contribution in [3.05, 3.63) is 29.8 Å². The molecule has 0 saturated carbocycles. The third-order valence-electron chi connectivity index (χ3n) is 2.74.